The first-order chi connectivity index (χ1) is 13.5. The molecule has 2 aromatic carbocycles. The Kier molecular flexibility index (Phi) is 4.43. The predicted molar refractivity (Wildman–Crippen MR) is 105 cm³/mol. The number of carbonyl (C=O) groups is 1. The second-order valence-electron chi connectivity index (χ2n) is 6.75. The summed E-state index contributed by atoms with van der Waals surface area (Å²) in [6, 6.07) is 14.4. The van der Waals surface area contributed by atoms with Crippen LogP contribution < -0.4 is 10.9 Å². The van der Waals surface area contributed by atoms with Gasteiger partial charge < -0.3 is 5.32 Å². The summed E-state index contributed by atoms with van der Waals surface area (Å²) in [6.07, 6.45) is 0. The van der Waals surface area contributed by atoms with E-state index in [0.717, 1.165) is 16.5 Å². The highest BCUT2D eigenvalue weighted by molar-refractivity contribution is 5.94. The molecule has 142 valence electrons. The molecular weight excluding hydrogens is 359 g/mol. The molecule has 1 amide bonds. The number of fused-ring (bicyclic) bond motifs is 3. The van der Waals surface area contributed by atoms with Crippen LogP contribution in [0.1, 0.15) is 24.2 Å². The Balaban J connectivity index is 1.73. The Labute approximate surface area is 160 Å². The SMILES string of the molecule is Cc1cc(=O)nc2c3ccccc3n([C@H](C)C(=O)NCc3ccc(F)cc3)n12. The average molecular weight is 378 g/mol. The van der Waals surface area contributed by atoms with Crippen LogP contribution in [0.15, 0.2) is 59.4 Å². The number of nitrogens with zero attached hydrogens (tertiary/aromatic N) is 3. The smallest absolute Gasteiger partial charge is 0.273 e. The van der Waals surface area contributed by atoms with Gasteiger partial charge in [0, 0.05) is 23.7 Å². The summed E-state index contributed by atoms with van der Waals surface area (Å²) < 4.78 is 16.7. The Morgan fingerprint density at radius 2 is 1.89 bits per heavy atom. The molecule has 0 radical (unpaired) electrons. The van der Waals surface area contributed by atoms with E-state index < -0.39 is 6.04 Å². The molecule has 4 aromatic rings. The van der Waals surface area contributed by atoms with Crippen molar-refractivity contribution in [3.8, 4) is 0 Å². The summed E-state index contributed by atoms with van der Waals surface area (Å²) in [4.78, 5) is 28.9. The lowest BCUT2D eigenvalue weighted by Crippen LogP contribution is -2.32. The molecule has 6 nitrogen and oxygen atoms in total. The van der Waals surface area contributed by atoms with Crippen LogP contribution in [0, 0.1) is 12.7 Å². The number of benzene rings is 2. The quantitative estimate of drug-likeness (QED) is 0.594. The lowest BCUT2D eigenvalue weighted by molar-refractivity contribution is -0.124. The number of hydrogen-bond acceptors (Lipinski definition) is 3. The molecule has 0 fully saturated rings. The van der Waals surface area contributed by atoms with Gasteiger partial charge >= 0.3 is 0 Å². The van der Waals surface area contributed by atoms with E-state index in [2.05, 4.69) is 10.3 Å². The van der Waals surface area contributed by atoms with Crippen LogP contribution in [-0.4, -0.2) is 20.1 Å². The van der Waals surface area contributed by atoms with Crippen molar-refractivity contribution in [2.75, 3.05) is 0 Å². The highest BCUT2D eigenvalue weighted by Gasteiger charge is 2.22. The van der Waals surface area contributed by atoms with Crippen LogP contribution >= 0.6 is 0 Å². The molecule has 0 saturated heterocycles. The van der Waals surface area contributed by atoms with E-state index in [9.17, 15) is 14.0 Å². The first-order valence-corrected chi connectivity index (χ1v) is 8.97. The molecule has 0 aliphatic carbocycles. The number of amides is 1. The highest BCUT2D eigenvalue weighted by Crippen LogP contribution is 2.25. The second kappa shape index (κ2) is 6.92. The van der Waals surface area contributed by atoms with E-state index >= 15 is 0 Å². The van der Waals surface area contributed by atoms with Crippen molar-refractivity contribution in [1.29, 1.82) is 0 Å². The lowest BCUT2D eigenvalue weighted by atomic mass is 10.2. The molecule has 2 aromatic heterocycles. The van der Waals surface area contributed by atoms with Crippen LogP contribution in [0.25, 0.3) is 16.6 Å². The van der Waals surface area contributed by atoms with E-state index in [1.54, 1.807) is 23.6 Å². The van der Waals surface area contributed by atoms with Gasteiger partial charge in [0.2, 0.25) is 5.91 Å². The molecule has 2 heterocycles. The van der Waals surface area contributed by atoms with E-state index in [1.807, 2.05) is 35.9 Å². The van der Waals surface area contributed by atoms with Gasteiger partial charge in [-0.3, -0.25) is 14.3 Å². The van der Waals surface area contributed by atoms with E-state index in [-0.39, 0.29) is 17.3 Å². The molecule has 0 aliphatic rings. The van der Waals surface area contributed by atoms with Crippen molar-refractivity contribution in [3.63, 3.8) is 0 Å². The van der Waals surface area contributed by atoms with Crippen molar-refractivity contribution >= 4 is 22.5 Å². The number of aryl methyl sites for hydroxylation is 1. The van der Waals surface area contributed by atoms with Crippen molar-refractivity contribution in [2.45, 2.75) is 26.4 Å². The van der Waals surface area contributed by atoms with Gasteiger partial charge in [-0.25, -0.2) is 8.91 Å². The molecule has 28 heavy (non-hydrogen) atoms. The Morgan fingerprint density at radius 3 is 2.64 bits per heavy atom. The van der Waals surface area contributed by atoms with Crippen LogP contribution in [-0.2, 0) is 11.3 Å². The summed E-state index contributed by atoms with van der Waals surface area (Å²) in [6.45, 7) is 3.91. The van der Waals surface area contributed by atoms with E-state index in [0.29, 0.717) is 17.9 Å². The maximum atomic E-state index is 13.0. The van der Waals surface area contributed by atoms with E-state index in [4.69, 9.17) is 0 Å². The Bertz CT molecular complexity index is 1240. The minimum atomic E-state index is -0.550. The van der Waals surface area contributed by atoms with Crippen LogP contribution in [0.2, 0.25) is 0 Å². The van der Waals surface area contributed by atoms with Crippen molar-refractivity contribution < 1.29 is 9.18 Å². The van der Waals surface area contributed by atoms with Gasteiger partial charge in [-0.2, -0.15) is 4.98 Å². The van der Waals surface area contributed by atoms with E-state index in [1.165, 1.54) is 18.2 Å². The van der Waals surface area contributed by atoms with Gasteiger partial charge in [0.25, 0.3) is 5.56 Å². The molecule has 0 spiro atoms. The number of rotatable bonds is 4. The largest absolute Gasteiger partial charge is 0.350 e. The third kappa shape index (κ3) is 3.05. The van der Waals surface area contributed by atoms with Gasteiger partial charge in [0.05, 0.1) is 5.52 Å². The molecule has 1 atom stereocenters. The van der Waals surface area contributed by atoms with Crippen molar-refractivity contribution in [2.24, 2.45) is 0 Å². The minimum Gasteiger partial charge on any atom is -0.350 e. The van der Waals surface area contributed by atoms with Gasteiger partial charge in [-0.15, -0.1) is 0 Å². The van der Waals surface area contributed by atoms with Crippen molar-refractivity contribution in [3.05, 3.63) is 82.0 Å². The zero-order valence-electron chi connectivity index (χ0n) is 15.5. The first-order valence-electron chi connectivity index (χ1n) is 8.97. The standard InChI is InChI=1S/C21H19FN4O2/c1-13-11-19(27)24-20-17-5-3-4-6-18(17)26(25(13)20)14(2)21(28)23-12-15-7-9-16(22)10-8-15/h3-11,14H,12H2,1-2H3,(H,23,28)/t14-/m1/s1. The molecular formula is C21H19FN4O2. The molecule has 4 rings (SSSR count). The van der Waals surface area contributed by atoms with Gasteiger partial charge in [0.1, 0.15) is 11.9 Å². The number of carbonyl (C=O) groups excluding carboxylic acids is 1. The highest BCUT2D eigenvalue weighted by atomic mass is 19.1. The minimum absolute atomic E-state index is 0.190. The fraction of sp³-hybridized carbons (Fsp3) is 0.190. The zero-order chi connectivity index (χ0) is 19.8. The van der Waals surface area contributed by atoms with Gasteiger partial charge in [-0.1, -0.05) is 24.3 Å². The average Bonchev–Trinajstić information content (AvgIpc) is 3.01. The Hall–Kier alpha value is -3.48. The molecule has 0 unspecified atom stereocenters. The Morgan fingerprint density at radius 1 is 1.18 bits per heavy atom. The number of para-hydroxylation sites is 1. The maximum Gasteiger partial charge on any atom is 0.273 e. The summed E-state index contributed by atoms with van der Waals surface area (Å²) in [5.74, 6) is -0.504. The van der Waals surface area contributed by atoms with Crippen LogP contribution in [0.3, 0.4) is 0 Å². The second-order valence-corrected chi connectivity index (χ2v) is 6.75. The number of aromatic nitrogens is 3. The lowest BCUT2D eigenvalue weighted by Gasteiger charge is -2.18. The molecule has 1 N–H and O–H groups in total. The van der Waals surface area contributed by atoms with Crippen LogP contribution in [0.5, 0.6) is 0 Å². The van der Waals surface area contributed by atoms with Gasteiger partial charge in [-0.05, 0) is 43.7 Å². The third-order valence-electron chi connectivity index (χ3n) is 4.82. The summed E-state index contributed by atoms with van der Waals surface area (Å²) >= 11 is 0. The molecule has 7 heteroatoms. The van der Waals surface area contributed by atoms with Crippen LogP contribution in [0.4, 0.5) is 4.39 Å². The molecule has 0 bridgehead atoms. The zero-order valence-corrected chi connectivity index (χ0v) is 15.5. The van der Waals surface area contributed by atoms with Gasteiger partial charge in [0.15, 0.2) is 5.65 Å². The summed E-state index contributed by atoms with van der Waals surface area (Å²) in [7, 11) is 0. The first kappa shape index (κ1) is 17.9. The molecule has 0 aliphatic heterocycles. The number of hydrogen-bond donors (Lipinski definition) is 1. The normalized spacial score (nSPS) is 12.4. The summed E-state index contributed by atoms with van der Waals surface area (Å²) in [5.41, 5.74) is 2.54. The fourth-order valence-electron chi connectivity index (χ4n) is 3.44. The maximum absolute atomic E-state index is 13.0. The fourth-order valence-corrected chi connectivity index (χ4v) is 3.44. The third-order valence-corrected chi connectivity index (χ3v) is 4.82. The number of halogens is 1. The monoisotopic (exact) mass is 378 g/mol. The molecule has 0 saturated carbocycles. The topological polar surface area (TPSA) is 68.4 Å². The summed E-state index contributed by atoms with van der Waals surface area (Å²) in [5, 5.41) is 3.70. The number of nitrogens with one attached hydrogen (secondary N) is 1. The predicted octanol–water partition coefficient (Wildman–Crippen LogP) is 2.97. The van der Waals surface area contributed by atoms with Crippen molar-refractivity contribution in [1.82, 2.24) is 19.5 Å².